The van der Waals surface area contributed by atoms with Gasteiger partial charge >= 0.3 is 0 Å². The van der Waals surface area contributed by atoms with Gasteiger partial charge in [0.05, 0.1) is 11.1 Å². The van der Waals surface area contributed by atoms with E-state index in [-0.39, 0.29) is 12.5 Å². The predicted octanol–water partition coefficient (Wildman–Crippen LogP) is 2.59. The van der Waals surface area contributed by atoms with E-state index in [9.17, 15) is 9.90 Å². The summed E-state index contributed by atoms with van der Waals surface area (Å²) < 4.78 is 0. The lowest BCUT2D eigenvalue weighted by Gasteiger charge is -2.31. The molecule has 1 saturated heterocycles. The molecule has 140 valence electrons. The number of carbonyl (C=O) groups excluding carboxylic acids is 1. The van der Waals surface area contributed by atoms with Gasteiger partial charge in [0.25, 0.3) is 5.91 Å². The lowest BCUT2D eigenvalue weighted by molar-refractivity contribution is 0.0939. The van der Waals surface area contributed by atoms with Crippen LogP contribution in [0.3, 0.4) is 0 Å². The Balaban J connectivity index is 1.68. The van der Waals surface area contributed by atoms with Crippen LogP contribution in [0, 0.1) is 26.7 Å². The van der Waals surface area contributed by atoms with Gasteiger partial charge in [-0.2, -0.15) is 0 Å². The summed E-state index contributed by atoms with van der Waals surface area (Å²) in [5, 5.41) is 13.2. The van der Waals surface area contributed by atoms with E-state index in [4.69, 9.17) is 0 Å². The number of nitrogens with one attached hydrogen (secondary N) is 1. The fourth-order valence-corrected chi connectivity index (χ4v) is 3.70. The Morgan fingerprint density at radius 2 is 2.00 bits per heavy atom. The third-order valence-electron chi connectivity index (χ3n) is 5.53. The number of aliphatic hydroxyl groups is 1. The number of aromatic nitrogens is 1. The van der Waals surface area contributed by atoms with Gasteiger partial charge < -0.3 is 15.3 Å². The van der Waals surface area contributed by atoms with Gasteiger partial charge in [-0.3, -0.25) is 9.78 Å². The van der Waals surface area contributed by atoms with Crippen LogP contribution >= 0.6 is 0 Å². The Morgan fingerprint density at radius 3 is 2.69 bits per heavy atom. The van der Waals surface area contributed by atoms with E-state index < -0.39 is 0 Å². The molecule has 2 aromatic rings. The van der Waals surface area contributed by atoms with Crippen LogP contribution in [0.25, 0.3) is 10.9 Å². The van der Waals surface area contributed by atoms with Crippen molar-refractivity contribution in [2.24, 2.45) is 5.92 Å². The number of aliphatic hydroxyl groups excluding tert-OH is 1. The van der Waals surface area contributed by atoms with Crippen molar-refractivity contribution in [3.05, 3.63) is 40.6 Å². The smallest absolute Gasteiger partial charge is 0.252 e. The van der Waals surface area contributed by atoms with Crippen LogP contribution in [0.1, 0.15) is 40.0 Å². The second-order valence-electron chi connectivity index (χ2n) is 7.44. The van der Waals surface area contributed by atoms with Gasteiger partial charge in [-0.15, -0.1) is 0 Å². The lowest BCUT2D eigenvalue weighted by Crippen LogP contribution is -2.40. The third kappa shape index (κ3) is 4.05. The molecule has 26 heavy (non-hydrogen) atoms. The number of carbonyl (C=O) groups is 1. The summed E-state index contributed by atoms with van der Waals surface area (Å²) in [4.78, 5) is 19.9. The van der Waals surface area contributed by atoms with Gasteiger partial charge in [-0.1, -0.05) is 11.6 Å². The Bertz CT molecular complexity index is 795. The number of nitrogens with zero attached hydrogens (tertiary/aromatic N) is 2. The SMILES string of the molecule is Cc1ccc2nc(C)c(C)c(C(=O)NCCN3CCC(CO)CC3)c2c1. The van der Waals surface area contributed by atoms with Crippen molar-refractivity contribution >= 4 is 16.8 Å². The number of hydrogen-bond acceptors (Lipinski definition) is 4. The maximum atomic E-state index is 12.9. The molecule has 0 atom stereocenters. The highest BCUT2D eigenvalue weighted by molar-refractivity contribution is 6.07. The number of hydrogen-bond donors (Lipinski definition) is 2. The van der Waals surface area contributed by atoms with E-state index in [0.29, 0.717) is 12.5 Å². The van der Waals surface area contributed by atoms with Crippen LogP contribution in [0.15, 0.2) is 18.2 Å². The van der Waals surface area contributed by atoms with Gasteiger partial charge in [0.15, 0.2) is 0 Å². The Morgan fingerprint density at radius 1 is 1.27 bits per heavy atom. The van der Waals surface area contributed by atoms with Crippen molar-refractivity contribution in [2.45, 2.75) is 33.6 Å². The first-order valence-corrected chi connectivity index (χ1v) is 9.48. The second kappa shape index (κ2) is 8.14. The summed E-state index contributed by atoms with van der Waals surface area (Å²) in [6.45, 7) is 9.73. The number of benzene rings is 1. The summed E-state index contributed by atoms with van der Waals surface area (Å²) in [6.07, 6.45) is 2.08. The molecule has 0 radical (unpaired) electrons. The van der Waals surface area contributed by atoms with E-state index in [1.807, 2.05) is 39.0 Å². The summed E-state index contributed by atoms with van der Waals surface area (Å²) >= 11 is 0. The molecule has 1 aliphatic heterocycles. The van der Waals surface area contributed by atoms with Crippen LogP contribution in [-0.2, 0) is 0 Å². The van der Waals surface area contributed by atoms with E-state index in [1.165, 1.54) is 0 Å². The molecule has 0 aliphatic carbocycles. The van der Waals surface area contributed by atoms with Crippen molar-refractivity contribution in [2.75, 3.05) is 32.8 Å². The van der Waals surface area contributed by atoms with Crippen LogP contribution in [0.5, 0.6) is 0 Å². The molecule has 1 fully saturated rings. The molecule has 0 spiro atoms. The molecule has 1 aromatic carbocycles. The fraction of sp³-hybridized carbons (Fsp3) is 0.524. The molecule has 1 aliphatic rings. The van der Waals surface area contributed by atoms with Crippen LogP contribution in [0.4, 0.5) is 0 Å². The minimum absolute atomic E-state index is 0.0196. The predicted molar refractivity (Wildman–Crippen MR) is 105 cm³/mol. The standard InChI is InChI=1S/C21H29N3O2/c1-14-4-5-19-18(12-14)20(15(2)16(3)23-19)21(26)22-8-11-24-9-6-17(13-25)7-10-24/h4-5,12,17,25H,6-11,13H2,1-3H3,(H,22,26). The van der Waals surface area contributed by atoms with E-state index in [0.717, 1.165) is 65.8 Å². The zero-order chi connectivity index (χ0) is 18.7. The number of rotatable bonds is 5. The summed E-state index contributed by atoms with van der Waals surface area (Å²) in [7, 11) is 0. The number of pyridine rings is 1. The molecule has 3 rings (SSSR count). The van der Waals surface area contributed by atoms with Gasteiger partial charge in [-0.25, -0.2) is 0 Å². The first-order valence-electron chi connectivity index (χ1n) is 9.48. The number of aryl methyl sites for hydroxylation is 2. The number of likely N-dealkylation sites (tertiary alicyclic amines) is 1. The highest BCUT2D eigenvalue weighted by atomic mass is 16.3. The summed E-state index contributed by atoms with van der Waals surface area (Å²) in [5.41, 5.74) is 4.59. The monoisotopic (exact) mass is 355 g/mol. The molecule has 5 nitrogen and oxygen atoms in total. The Kier molecular flexibility index (Phi) is 5.89. The zero-order valence-electron chi connectivity index (χ0n) is 16.0. The molecule has 2 heterocycles. The van der Waals surface area contributed by atoms with Gasteiger partial charge in [-0.05, 0) is 70.3 Å². The van der Waals surface area contributed by atoms with Crippen molar-refractivity contribution in [3.8, 4) is 0 Å². The molecule has 2 N–H and O–H groups in total. The molecular formula is C21H29N3O2. The molecule has 1 aromatic heterocycles. The highest BCUT2D eigenvalue weighted by Gasteiger charge is 2.19. The van der Waals surface area contributed by atoms with Crippen molar-refractivity contribution in [3.63, 3.8) is 0 Å². The maximum absolute atomic E-state index is 12.9. The molecule has 0 bridgehead atoms. The minimum Gasteiger partial charge on any atom is -0.396 e. The summed E-state index contributed by atoms with van der Waals surface area (Å²) in [5.74, 6) is 0.423. The first-order chi connectivity index (χ1) is 12.5. The number of amides is 1. The van der Waals surface area contributed by atoms with E-state index >= 15 is 0 Å². The fourth-order valence-electron chi connectivity index (χ4n) is 3.70. The number of fused-ring (bicyclic) bond motifs is 1. The largest absolute Gasteiger partial charge is 0.396 e. The quantitative estimate of drug-likeness (QED) is 0.865. The highest BCUT2D eigenvalue weighted by Crippen LogP contribution is 2.24. The van der Waals surface area contributed by atoms with Gasteiger partial charge in [0.1, 0.15) is 0 Å². The Hall–Kier alpha value is -1.98. The van der Waals surface area contributed by atoms with Crippen molar-refractivity contribution in [1.82, 2.24) is 15.2 Å². The van der Waals surface area contributed by atoms with E-state index in [1.54, 1.807) is 0 Å². The normalized spacial score (nSPS) is 16.2. The lowest BCUT2D eigenvalue weighted by atomic mass is 9.98. The van der Waals surface area contributed by atoms with Gasteiger partial charge in [0.2, 0.25) is 0 Å². The molecule has 1 amide bonds. The van der Waals surface area contributed by atoms with Crippen molar-refractivity contribution in [1.29, 1.82) is 0 Å². The first kappa shape index (κ1) is 18.8. The van der Waals surface area contributed by atoms with Crippen LogP contribution in [0.2, 0.25) is 0 Å². The maximum Gasteiger partial charge on any atom is 0.252 e. The third-order valence-corrected chi connectivity index (χ3v) is 5.53. The second-order valence-corrected chi connectivity index (χ2v) is 7.44. The van der Waals surface area contributed by atoms with Crippen molar-refractivity contribution < 1.29 is 9.90 Å². The Labute approximate surface area is 155 Å². The number of piperidine rings is 1. The molecular weight excluding hydrogens is 326 g/mol. The average molecular weight is 355 g/mol. The molecule has 0 unspecified atom stereocenters. The zero-order valence-corrected chi connectivity index (χ0v) is 16.0. The average Bonchev–Trinajstić information content (AvgIpc) is 2.63. The minimum atomic E-state index is -0.0196. The van der Waals surface area contributed by atoms with Gasteiger partial charge in [0, 0.05) is 30.8 Å². The molecule has 0 saturated carbocycles. The molecule has 5 heteroatoms. The van der Waals surface area contributed by atoms with E-state index in [2.05, 4.69) is 15.2 Å². The topological polar surface area (TPSA) is 65.5 Å². The summed E-state index contributed by atoms with van der Waals surface area (Å²) in [6, 6.07) is 6.06. The van der Waals surface area contributed by atoms with Crippen LogP contribution < -0.4 is 5.32 Å². The van der Waals surface area contributed by atoms with Crippen LogP contribution in [-0.4, -0.2) is 53.7 Å².